The molecule has 0 aliphatic rings. The fraction of sp³-hybridized carbons (Fsp3) is 0.273. The first kappa shape index (κ1) is 12.1. The van der Waals surface area contributed by atoms with Crippen LogP contribution in [0.3, 0.4) is 0 Å². The summed E-state index contributed by atoms with van der Waals surface area (Å²) < 4.78 is 0.969. The van der Waals surface area contributed by atoms with Crippen molar-refractivity contribution in [1.82, 2.24) is 10.3 Å². The van der Waals surface area contributed by atoms with Crippen LogP contribution in [0.25, 0.3) is 10.2 Å². The molecule has 0 spiro atoms. The highest BCUT2D eigenvalue weighted by molar-refractivity contribution is 7.22. The molecule has 90 valence electrons. The Morgan fingerprint density at radius 1 is 1.53 bits per heavy atom. The molecule has 0 bridgehead atoms. The molecule has 1 aromatic heterocycles. The van der Waals surface area contributed by atoms with Gasteiger partial charge in [0.05, 0.1) is 15.2 Å². The zero-order chi connectivity index (χ0) is 12.3. The lowest BCUT2D eigenvalue weighted by Crippen LogP contribution is -2.20. The minimum atomic E-state index is 0.0108. The van der Waals surface area contributed by atoms with Crippen LogP contribution in [-0.2, 0) is 4.79 Å². The molecule has 4 nitrogen and oxygen atoms in total. The summed E-state index contributed by atoms with van der Waals surface area (Å²) in [5.74, 6) is 0.0108. The summed E-state index contributed by atoms with van der Waals surface area (Å²) in [4.78, 5) is 15.4. The zero-order valence-electron chi connectivity index (χ0n) is 9.29. The average Bonchev–Trinajstić information content (AvgIpc) is 2.73. The lowest BCUT2D eigenvalue weighted by atomic mass is 10.3. The van der Waals surface area contributed by atoms with Gasteiger partial charge in [-0.3, -0.25) is 4.79 Å². The molecule has 0 radical (unpaired) electrons. The molecule has 0 aliphatic heterocycles. The third kappa shape index (κ3) is 2.87. The normalized spacial score (nSPS) is 10.5. The summed E-state index contributed by atoms with van der Waals surface area (Å²) in [5, 5.41) is 7.18. The molecular formula is C11H12ClN3OS. The predicted octanol–water partition coefficient (Wildman–Crippen LogP) is 2.50. The molecule has 0 aliphatic carbocycles. The molecule has 2 rings (SSSR count). The highest BCUT2D eigenvalue weighted by Crippen LogP contribution is 2.31. The Balaban J connectivity index is 2.05. The largest absolute Gasteiger partial charge is 0.361 e. The van der Waals surface area contributed by atoms with Gasteiger partial charge >= 0.3 is 0 Å². The number of anilines is 1. The number of rotatable bonds is 4. The van der Waals surface area contributed by atoms with Crippen LogP contribution in [0.4, 0.5) is 5.13 Å². The van der Waals surface area contributed by atoms with E-state index in [1.165, 1.54) is 11.3 Å². The van der Waals surface area contributed by atoms with Crippen molar-refractivity contribution in [2.45, 2.75) is 6.42 Å². The maximum atomic E-state index is 11.0. The van der Waals surface area contributed by atoms with E-state index in [2.05, 4.69) is 15.6 Å². The molecule has 2 N–H and O–H groups in total. The van der Waals surface area contributed by atoms with Gasteiger partial charge in [0, 0.05) is 20.0 Å². The highest BCUT2D eigenvalue weighted by Gasteiger charge is 2.06. The first-order valence-electron chi connectivity index (χ1n) is 5.20. The third-order valence-electron chi connectivity index (χ3n) is 2.27. The number of benzene rings is 1. The van der Waals surface area contributed by atoms with Gasteiger partial charge in [0.15, 0.2) is 5.13 Å². The molecular weight excluding hydrogens is 258 g/mol. The van der Waals surface area contributed by atoms with Gasteiger partial charge in [0.2, 0.25) is 5.91 Å². The summed E-state index contributed by atoms with van der Waals surface area (Å²) in [5.41, 5.74) is 0.880. The minimum absolute atomic E-state index is 0.0108. The van der Waals surface area contributed by atoms with Crippen molar-refractivity contribution in [3.05, 3.63) is 23.2 Å². The third-order valence-corrected chi connectivity index (χ3v) is 3.76. The lowest BCUT2D eigenvalue weighted by molar-refractivity contribution is -0.120. The number of carbonyl (C=O) groups is 1. The number of amides is 1. The van der Waals surface area contributed by atoms with E-state index in [1.54, 1.807) is 7.05 Å². The van der Waals surface area contributed by atoms with Crippen molar-refractivity contribution >= 4 is 44.2 Å². The van der Waals surface area contributed by atoms with Gasteiger partial charge in [0.1, 0.15) is 0 Å². The predicted molar refractivity (Wildman–Crippen MR) is 71.8 cm³/mol. The Kier molecular flexibility index (Phi) is 3.81. The topological polar surface area (TPSA) is 54.0 Å². The number of thiazole rings is 1. The number of carbonyl (C=O) groups excluding carboxylic acids is 1. The monoisotopic (exact) mass is 269 g/mol. The van der Waals surface area contributed by atoms with Crippen molar-refractivity contribution < 1.29 is 4.79 Å². The number of halogens is 1. The number of aromatic nitrogens is 1. The highest BCUT2D eigenvalue weighted by atomic mass is 35.5. The second-order valence-corrected chi connectivity index (χ2v) is 4.86. The SMILES string of the molecule is CNC(=O)CCNc1nc2cccc(Cl)c2s1. The van der Waals surface area contributed by atoms with Gasteiger partial charge in [-0.1, -0.05) is 29.0 Å². The first-order valence-corrected chi connectivity index (χ1v) is 6.39. The molecule has 1 aromatic carbocycles. The molecule has 0 atom stereocenters. The number of hydrogen-bond acceptors (Lipinski definition) is 4. The van der Waals surface area contributed by atoms with Gasteiger partial charge in [-0.05, 0) is 12.1 Å². The molecule has 0 saturated heterocycles. The molecule has 1 heterocycles. The number of nitrogens with zero attached hydrogens (tertiary/aromatic N) is 1. The van der Waals surface area contributed by atoms with E-state index in [0.29, 0.717) is 18.0 Å². The lowest BCUT2D eigenvalue weighted by Gasteiger charge is -2.00. The summed E-state index contributed by atoms with van der Waals surface area (Å²) >= 11 is 7.55. The second kappa shape index (κ2) is 5.33. The van der Waals surface area contributed by atoms with Crippen LogP contribution >= 0.6 is 22.9 Å². The first-order chi connectivity index (χ1) is 8.20. The van der Waals surface area contributed by atoms with E-state index in [4.69, 9.17) is 11.6 Å². The van der Waals surface area contributed by atoms with Crippen molar-refractivity contribution in [2.75, 3.05) is 18.9 Å². The van der Waals surface area contributed by atoms with E-state index in [-0.39, 0.29) is 5.91 Å². The average molecular weight is 270 g/mol. The Hall–Kier alpha value is -1.33. The smallest absolute Gasteiger partial charge is 0.221 e. The van der Waals surface area contributed by atoms with Crippen molar-refractivity contribution in [3.8, 4) is 0 Å². The summed E-state index contributed by atoms with van der Waals surface area (Å²) in [7, 11) is 1.62. The quantitative estimate of drug-likeness (QED) is 0.897. The Morgan fingerprint density at radius 3 is 3.06 bits per heavy atom. The summed E-state index contributed by atoms with van der Waals surface area (Å²) in [6, 6.07) is 5.64. The number of nitrogens with one attached hydrogen (secondary N) is 2. The van der Waals surface area contributed by atoms with Crippen molar-refractivity contribution in [3.63, 3.8) is 0 Å². The van der Waals surface area contributed by atoms with Crippen LogP contribution in [0.15, 0.2) is 18.2 Å². The van der Waals surface area contributed by atoms with Gasteiger partial charge in [-0.15, -0.1) is 0 Å². The van der Waals surface area contributed by atoms with Gasteiger partial charge in [-0.25, -0.2) is 4.98 Å². The van der Waals surface area contributed by atoms with Gasteiger partial charge < -0.3 is 10.6 Å². The van der Waals surface area contributed by atoms with Crippen LogP contribution in [0.1, 0.15) is 6.42 Å². The maximum absolute atomic E-state index is 11.0. The van der Waals surface area contributed by atoms with E-state index in [0.717, 1.165) is 15.3 Å². The Labute approximate surface area is 108 Å². The fourth-order valence-electron chi connectivity index (χ4n) is 1.40. The molecule has 2 aromatic rings. The van der Waals surface area contributed by atoms with E-state index < -0.39 is 0 Å². The summed E-state index contributed by atoms with van der Waals surface area (Å²) in [6.07, 6.45) is 0.431. The zero-order valence-corrected chi connectivity index (χ0v) is 10.9. The number of hydrogen-bond donors (Lipinski definition) is 2. The second-order valence-electron chi connectivity index (χ2n) is 3.46. The minimum Gasteiger partial charge on any atom is -0.361 e. The standard InChI is InChI=1S/C11H12ClN3OS/c1-13-9(16)5-6-14-11-15-8-4-2-3-7(12)10(8)17-11/h2-4H,5-6H2,1H3,(H,13,16)(H,14,15). The molecule has 0 unspecified atom stereocenters. The van der Waals surface area contributed by atoms with Crippen LogP contribution in [-0.4, -0.2) is 24.5 Å². The van der Waals surface area contributed by atoms with Crippen molar-refractivity contribution in [1.29, 1.82) is 0 Å². The van der Waals surface area contributed by atoms with E-state index >= 15 is 0 Å². The van der Waals surface area contributed by atoms with Crippen LogP contribution < -0.4 is 10.6 Å². The van der Waals surface area contributed by atoms with E-state index in [9.17, 15) is 4.79 Å². The van der Waals surface area contributed by atoms with Gasteiger partial charge in [-0.2, -0.15) is 0 Å². The molecule has 17 heavy (non-hydrogen) atoms. The van der Waals surface area contributed by atoms with Crippen LogP contribution in [0.5, 0.6) is 0 Å². The Morgan fingerprint density at radius 2 is 2.35 bits per heavy atom. The molecule has 6 heteroatoms. The van der Waals surface area contributed by atoms with E-state index in [1.807, 2.05) is 18.2 Å². The fourth-order valence-corrected chi connectivity index (χ4v) is 2.58. The van der Waals surface area contributed by atoms with Crippen LogP contribution in [0, 0.1) is 0 Å². The van der Waals surface area contributed by atoms with Crippen LogP contribution in [0.2, 0.25) is 5.02 Å². The van der Waals surface area contributed by atoms with Crippen molar-refractivity contribution in [2.24, 2.45) is 0 Å². The van der Waals surface area contributed by atoms with Gasteiger partial charge in [0.25, 0.3) is 0 Å². The number of fused-ring (bicyclic) bond motifs is 1. The molecule has 0 saturated carbocycles. The maximum Gasteiger partial charge on any atom is 0.221 e. The summed E-state index contributed by atoms with van der Waals surface area (Å²) in [6.45, 7) is 0.567. The Bertz CT molecular complexity index is 540. The molecule has 0 fully saturated rings. The molecule has 1 amide bonds.